The molecule has 0 bridgehead atoms. The Morgan fingerprint density at radius 3 is 2.21 bits per heavy atom. The van der Waals surface area contributed by atoms with Crippen LogP contribution in [0.3, 0.4) is 0 Å². The fourth-order valence-corrected chi connectivity index (χ4v) is 3.88. The topological polar surface area (TPSA) is 60.9 Å². The maximum Gasteiger partial charge on any atom is 0.320 e. The van der Waals surface area contributed by atoms with Gasteiger partial charge in [0.2, 0.25) is 5.91 Å². The van der Waals surface area contributed by atoms with E-state index >= 15 is 0 Å². The second-order valence-electron chi connectivity index (χ2n) is 6.16. The summed E-state index contributed by atoms with van der Waals surface area (Å²) >= 11 is 0. The number of rotatable bonds is 3. The molecule has 5 heteroatoms. The van der Waals surface area contributed by atoms with Gasteiger partial charge < -0.3 is 10.0 Å². The standard InChI is InChI=1S/C14H22N2O3/c1-9(14(18)19)15-5-7-16(8-6-15)13(17)12-10-3-2-4-11(10)12/h9-12H,2-8H2,1H3,(H,18,19). The molecule has 0 aromatic carbocycles. The van der Waals surface area contributed by atoms with Crippen molar-refractivity contribution in [3.63, 3.8) is 0 Å². The van der Waals surface area contributed by atoms with Crippen LogP contribution in [0.2, 0.25) is 0 Å². The summed E-state index contributed by atoms with van der Waals surface area (Å²) in [6.45, 7) is 4.45. The highest BCUT2D eigenvalue weighted by atomic mass is 16.4. The van der Waals surface area contributed by atoms with Gasteiger partial charge >= 0.3 is 5.97 Å². The van der Waals surface area contributed by atoms with Crippen LogP contribution >= 0.6 is 0 Å². The van der Waals surface area contributed by atoms with E-state index in [1.807, 2.05) is 9.80 Å². The van der Waals surface area contributed by atoms with Crippen molar-refractivity contribution in [2.24, 2.45) is 17.8 Å². The van der Waals surface area contributed by atoms with Crippen LogP contribution in [0, 0.1) is 17.8 Å². The van der Waals surface area contributed by atoms with Gasteiger partial charge in [-0.1, -0.05) is 6.42 Å². The molecule has 1 amide bonds. The Labute approximate surface area is 113 Å². The van der Waals surface area contributed by atoms with E-state index in [2.05, 4.69) is 0 Å². The quantitative estimate of drug-likeness (QED) is 0.815. The van der Waals surface area contributed by atoms with Crippen LogP contribution in [0.1, 0.15) is 26.2 Å². The molecule has 3 atom stereocenters. The second kappa shape index (κ2) is 4.78. The van der Waals surface area contributed by atoms with E-state index in [0.717, 1.165) is 0 Å². The number of carbonyl (C=O) groups excluding carboxylic acids is 1. The predicted octanol–water partition coefficient (Wildman–Crippen LogP) is 0.650. The third-order valence-corrected chi connectivity index (χ3v) is 5.22. The third kappa shape index (κ3) is 2.24. The molecule has 0 aromatic rings. The molecule has 1 aliphatic heterocycles. The van der Waals surface area contributed by atoms with E-state index in [9.17, 15) is 9.59 Å². The monoisotopic (exact) mass is 266 g/mol. The number of hydrogen-bond acceptors (Lipinski definition) is 3. The van der Waals surface area contributed by atoms with Gasteiger partial charge in [0.15, 0.2) is 0 Å². The zero-order chi connectivity index (χ0) is 13.6. The minimum Gasteiger partial charge on any atom is -0.480 e. The lowest BCUT2D eigenvalue weighted by Gasteiger charge is -2.36. The number of hydrogen-bond donors (Lipinski definition) is 1. The molecule has 1 saturated heterocycles. The second-order valence-corrected chi connectivity index (χ2v) is 6.16. The Hall–Kier alpha value is -1.10. The molecule has 0 aromatic heterocycles. The minimum atomic E-state index is -0.781. The molecule has 3 aliphatic rings. The van der Waals surface area contributed by atoms with Gasteiger partial charge in [-0.25, -0.2) is 0 Å². The van der Waals surface area contributed by atoms with Crippen molar-refractivity contribution in [1.82, 2.24) is 9.80 Å². The van der Waals surface area contributed by atoms with Crippen LogP contribution in [-0.4, -0.2) is 59.0 Å². The smallest absolute Gasteiger partial charge is 0.320 e. The van der Waals surface area contributed by atoms with Crippen molar-refractivity contribution in [2.75, 3.05) is 26.2 Å². The van der Waals surface area contributed by atoms with E-state index in [4.69, 9.17) is 5.11 Å². The predicted molar refractivity (Wildman–Crippen MR) is 69.6 cm³/mol. The van der Waals surface area contributed by atoms with Gasteiger partial charge in [-0.05, 0) is 31.6 Å². The summed E-state index contributed by atoms with van der Waals surface area (Å²) in [5, 5.41) is 8.99. The van der Waals surface area contributed by atoms with Crippen LogP contribution in [0.4, 0.5) is 0 Å². The molecule has 106 valence electrons. The van der Waals surface area contributed by atoms with Crippen LogP contribution in [-0.2, 0) is 9.59 Å². The van der Waals surface area contributed by atoms with Crippen molar-refractivity contribution < 1.29 is 14.7 Å². The number of carbonyl (C=O) groups is 2. The molecule has 5 nitrogen and oxygen atoms in total. The summed E-state index contributed by atoms with van der Waals surface area (Å²) < 4.78 is 0. The average molecular weight is 266 g/mol. The molecular formula is C14H22N2O3. The average Bonchev–Trinajstić information content (AvgIpc) is 2.89. The van der Waals surface area contributed by atoms with Crippen molar-refractivity contribution in [3.05, 3.63) is 0 Å². The molecule has 1 heterocycles. The number of fused-ring (bicyclic) bond motifs is 1. The summed E-state index contributed by atoms with van der Waals surface area (Å²) in [4.78, 5) is 27.2. The zero-order valence-corrected chi connectivity index (χ0v) is 11.4. The Kier molecular flexibility index (Phi) is 3.25. The van der Waals surface area contributed by atoms with Gasteiger partial charge in [0.05, 0.1) is 0 Å². The molecular weight excluding hydrogens is 244 g/mol. The molecule has 19 heavy (non-hydrogen) atoms. The Bertz CT molecular complexity index is 380. The highest BCUT2D eigenvalue weighted by molar-refractivity contribution is 5.82. The maximum absolute atomic E-state index is 12.4. The van der Waals surface area contributed by atoms with Gasteiger partial charge in [-0.15, -0.1) is 0 Å². The van der Waals surface area contributed by atoms with E-state index in [1.165, 1.54) is 19.3 Å². The molecule has 0 spiro atoms. The first-order valence-electron chi connectivity index (χ1n) is 7.35. The first kappa shape index (κ1) is 12.9. The summed E-state index contributed by atoms with van der Waals surface area (Å²) in [7, 11) is 0. The minimum absolute atomic E-state index is 0.303. The first-order valence-corrected chi connectivity index (χ1v) is 7.35. The lowest BCUT2D eigenvalue weighted by atomic mass is 10.1. The van der Waals surface area contributed by atoms with Crippen LogP contribution < -0.4 is 0 Å². The van der Waals surface area contributed by atoms with E-state index < -0.39 is 12.0 Å². The molecule has 3 unspecified atom stereocenters. The van der Waals surface area contributed by atoms with Gasteiger partial charge in [0, 0.05) is 32.1 Å². The first-order chi connectivity index (χ1) is 9.09. The van der Waals surface area contributed by atoms with Crippen LogP contribution in [0.15, 0.2) is 0 Å². The highest BCUT2D eigenvalue weighted by Crippen LogP contribution is 2.58. The number of carboxylic acids is 1. The number of amides is 1. The van der Waals surface area contributed by atoms with Crippen LogP contribution in [0.25, 0.3) is 0 Å². The summed E-state index contributed by atoms with van der Waals surface area (Å²) in [5.74, 6) is 1.19. The lowest BCUT2D eigenvalue weighted by Crippen LogP contribution is -2.53. The fourth-order valence-electron chi connectivity index (χ4n) is 3.88. The van der Waals surface area contributed by atoms with Gasteiger partial charge in [0.25, 0.3) is 0 Å². The van der Waals surface area contributed by atoms with E-state index in [-0.39, 0.29) is 0 Å². The van der Waals surface area contributed by atoms with Crippen molar-refractivity contribution in [2.45, 2.75) is 32.2 Å². The lowest BCUT2D eigenvalue weighted by molar-refractivity contribution is -0.144. The Balaban J connectivity index is 1.50. The van der Waals surface area contributed by atoms with E-state index in [1.54, 1.807) is 6.92 Å². The Morgan fingerprint density at radius 1 is 1.11 bits per heavy atom. The van der Waals surface area contributed by atoms with Crippen molar-refractivity contribution in [1.29, 1.82) is 0 Å². The number of nitrogens with zero attached hydrogens (tertiary/aromatic N) is 2. The molecule has 3 rings (SSSR count). The van der Waals surface area contributed by atoms with E-state index in [0.29, 0.717) is 49.8 Å². The largest absolute Gasteiger partial charge is 0.480 e. The normalized spacial score (nSPS) is 35.8. The molecule has 3 fully saturated rings. The molecule has 1 N–H and O–H groups in total. The zero-order valence-electron chi connectivity index (χ0n) is 11.4. The number of carboxylic acid groups (broad SMARTS) is 1. The molecule has 2 saturated carbocycles. The SMILES string of the molecule is CC(C(=O)O)N1CCN(C(=O)C2C3CCCC32)CC1. The van der Waals surface area contributed by atoms with Gasteiger partial charge in [-0.3, -0.25) is 14.5 Å². The third-order valence-electron chi connectivity index (χ3n) is 5.22. The summed E-state index contributed by atoms with van der Waals surface area (Å²) in [6.07, 6.45) is 3.76. The van der Waals surface area contributed by atoms with Crippen molar-refractivity contribution >= 4 is 11.9 Å². The summed E-state index contributed by atoms with van der Waals surface area (Å²) in [5.41, 5.74) is 0. The molecule has 2 aliphatic carbocycles. The van der Waals surface area contributed by atoms with Gasteiger partial charge in [0.1, 0.15) is 6.04 Å². The Morgan fingerprint density at radius 2 is 1.68 bits per heavy atom. The summed E-state index contributed by atoms with van der Waals surface area (Å²) in [6, 6.07) is -0.447. The van der Waals surface area contributed by atoms with Crippen LogP contribution in [0.5, 0.6) is 0 Å². The fraction of sp³-hybridized carbons (Fsp3) is 0.857. The van der Waals surface area contributed by atoms with Crippen molar-refractivity contribution in [3.8, 4) is 0 Å². The van der Waals surface area contributed by atoms with Gasteiger partial charge in [-0.2, -0.15) is 0 Å². The number of piperazine rings is 1. The molecule has 0 radical (unpaired) electrons. The highest BCUT2D eigenvalue weighted by Gasteiger charge is 2.57. The number of aliphatic carboxylic acids is 1. The maximum atomic E-state index is 12.4.